The van der Waals surface area contributed by atoms with Gasteiger partial charge in [-0.15, -0.1) is 0 Å². The lowest BCUT2D eigenvalue weighted by Crippen LogP contribution is -2.18. The highest BCUT2D eigenvalue weighted by Crippen LogP contribution is 2.28. The maximum Gasteiger partial charge on any atom is 0.234 e. The van der Waals surface area contributed by atoms with Crippen LogP contribution in [0.4, 0.5) is 5.69 Å². The second kappa shape index (κ2) is 8.82. The van der Waals surface area contributed by atoms with Gasteiger partial charge >= 0.3 is 0 Å². The van der Waals surface area contributed by atoms with E-state index in [9.17, 15) is 13.2 Å². The molecule has 6 nitrogen and oxygen atoms in total. The highest BCUT2D eigenvalue weighted by Gasteiger charge is 2.19. The Kier molecular flexibility index (Phi) is 6.42. The van der Waals surface area contributed by atoms with E-state index in [1.165, 1.54) is 0 Å². The highest BCUT2D eigenvalue weighted by molar-refractivity contribution is 7.92. The molecule has 0 aliphatic heterocycles. The van der Waals surface area contributed by atoms with Gasteiger partial charge in [0.1, 0.15) is 0 Å². The summed E-state index contributed by atoms with van der Waals surface area (Å²) in [5.41, 5.74) is 3.14. The number of aliphatic hydroxyl groups excluding tert-OH is 1. The first-order valence-corrected chi connectivity index (χ1v) is 11.0. The number of benzene rings is 2. The van der Waals surface area contributed by atoms with Crippen molar-refractivity contribution in [3.8, 4) is 0 Å². The van der Waals surface area contributed by atoms with Crippen LogP contribution in [0.15, 0.2) is 60.8 Å². The van der Waals surface area contributed by atoms with Crippen molar-refractivity contribution in [2.45, 2.75) is 6.42 Å². The molecule has 3 rings (SSSR count). The molecule has 0 bridgehead atoms. The number of sulfonamides is 1. The van der Waals surface area contributed by atoms with Crippen molar-refractivity contribution in [2.75, 3.05) is 17.1 Å². The van der Waals surface area contributed by atoms with Crippen LogP contribution < -0.4 is 4.72 Å². The second-order valence-electron chi connectivity index (χ2n) is 6.63. The maximum absolute atomic E-state index is 12.7. The number of anilines is 1. The third-order valence-corrected chi connectivity index (χ3v) is 6.17. The molecular weight excluding hydrogens is 412 g/mol. The van der Waals surface area contributed by atoms with Gasteiger partial charge in [0.2, 0.25) is 10.0 Å². The quantitative estimate of drug-likeness (QED) is 0.535. The molecule has 0 saturated carbocycles. The summed E-state index contributed by atoms with van der Waals surface area (Å²) in [4.78, 5) is 12.7. The number of hydrogen-bond donors (Lipinski definition) is 2. The zero-order valence-corrected chi connectivity index (χ0v) is 17.4. The van der Waals surface area contributed by atoms with Gasteiger partial charge in [0.05, 0.1) is 22.9 Å². The fraction of sp³-hybridized carbons (Fsp3) is 0.190. The Hall–Kier alpha value is -2.61. The van der Waals surface area contributed by atoms with Crippen molar-refractivity contribution in [1.29, 1.82) is 0 Å². The lowest BCUT2D eigenvalue weighted by molar-refractivity contribution is 0.103. The van der Waals surface area contributed by atoms with E-state index in [1.807, 2.05) is 17.7 Å². The van der Waals surface area contributed by atoms with Crippen molar-refractivity contribution in [2.24, 2.45) is 7.05 Å². The molecule has 0 spiro atoms. The second-order valence-corrected chi connectivity index (χ2v) is 8.85. The molecule has 0 aliphatic rings. The summed E-state index contributed by atoms with van der Waals surface area (Å²) in [7, 11) is -1.73. The number of aliphatic hydroxyl groups is 1. The summed E-state index contributed by atoms with van der Waals surface area (Å²) in [6.07, 6.45) is 2.21. The molecule has 2 aromatic carbocycles. The molecule has 29 heavy (non-hydrogen) atoms. The van der Waals surface area contributed by atoms with Crippen LogP contribution in [0, 0.1) is 0 Å². The number of hydrogen-bond acceptors (Lipinski definition) is 4. The Morgan fingerprint density at radius 3 is 2.38 bits per heavy atom. The number of carbonyl (C=O) groups is 1. The Morgan fingerprint density at radius 1 is 1.10 bits per heavy atom. The smallest absolute Gasteiger partial charge is 0.234 e. The lowest BCUT2D eigenvalue weighted by Gasteiger charge is -2.09. The SMILES string of the molecule is Cn1cc(C(=O)c2ccccc2)c(Cl)c1Cc1ccc(NS(=O)(=O)CCO)cc1. The van der Waals surface area contributed by atoms with E-state index in [4.69, 9.17) is 16.7 Å². The molecule has 0 radical (unpaired) electrons. The molecule has 0 aliphatic carbocycles. The Bertz CT molecular complexity index is 1110. The average Bonchev–Trinajstić information content (AvgIpc) is 2.97. The fourth-order valence-electron chi connectivity index (χ4n) is 2.98. The van der Waals surface area contributed by atoms with Gasteiger partial charge < -0.3 is 9.67 Å². The van der Waals surface area contributed by atoms with Gasteiger partial charge in [0.15, 0.2) is 5.78 Å². The van der Waals surface area contributed by atoms with Crippen LogP contribution >= 0.6 is 11.6 Å². The van der Waals surface area contributed by atoms with Crippen LogP contribution in [0.2, 0.25) is 5.02 Å². The number of aromatic nitrogens is 1. The molecule has 2 N–H and O–H groups in total. The largest absolute Gasteiger partial charge is 0.395 e. The molecule has 0 amide bonds. The molecule has 3 aromatic rings. The summed E-state index contributed by atoms with van der Waals surface area (Å²) in [5.74, 6) is -0.488. The third-order valence-electron chi connectivity index (χ3n) is 4.48. The van der Waals surface area contributed by atoms with Gasteiger partial charge in [-0.25, -0.2) is 8.42 Å². The third kappa shape index (κ3) is 5.06. The van der Waals surface area contributed by atoms with Crippen molar-refractivity contribution in [1.82, 2.24) is 4.57 Å². The van der Waals surface area contributed by atoms with E-state index in [-0.39, 0.29) is 11.5 Å². The zero-order valence-electron chi connectivity index (χ0n) is 15.8. The molecule has 0 unspecified atom stereocenters. The van der Waals surface area contributed by atoms with E-state index in [0.717, 1.165) is 11.3 Å². The number of ketones is 1. The lowest BCUT2D eigenvalue weighted by atomic mass is 10.0. The Labute approximate surface area is 174 Å². The molecule has 8 heteroatoms. The zero-order chi connectivity index (χ0) is 21.0. The minimum atomic E-state index is -3.57. The van der Waals surface area contributed by atoms with Crippen LogP contribution in [-0.2, 0) is 23.5 Å². The fourth-order valence-corrected chi connectivity index (χ4v) is 4.15. The molecule has 1 aromatic heterocycles. The number of carbonyl (C=O) groups excluding carboxylic acids is 1. The van der Waals surface area contributed by atoms with Crippen molar-refractivity contribution in [3.05, 3.63) is 88.2 Å². The van der Waals surface area contributed by atoms with Crippen LogP contribution in [0.3, 0.4) is 0 Å². The average molecular weight is 433 g/mol. The van der Waals surface area contributed by atoms with Gasteiger partial charge in [0, 0.05) is 36.6 Å². The van der Waals surface area contributed by atoms with Crippen molar-refractivity contribution >= 4 is 33.1 Å². The molecule has 152 valence electrons. The Morgan fingerprint density at radius 2 is 1.76 bits per heavy atom. The topological polar surface area (TPSA) is 88.4 Å². The Balaban J connectivity index is 1.79. The van der Waals surface area contributed by atoms with E-state index in [1.54, 1.807) is 54.7 Å². The van der Waals surface area contributed by atoms with Crippen LogP contribution in [0.25, 0.3) is 0 Å². The van der Waals surface area contributed by atoms with Gasteiger partial charge in [-0.2, -0.15) is 0 Å². The summed E-state index contributed by atoms with van der Waals surface area (Å²) in [5, 5.41) is 9.21. The van der Waals surface area contributed by atoms with E-state index in [0.29, 0.717) is 28.3 Å². The number of nitrogens with one attached hydrogen (secondary N) is 1. The van der Waals surface area contributed by atoms with Crippen molar-refractivity contribution < 1.29 is 18.3 Å². The predicted molar refractivity (Wildman–Crippen MR) is 114 cm³/mol. The molecule has 1 heterocycles. The van der Waals surface area contributed by atoms with E-state index in [2.05, 4.69) is 4.72 Å². The molecule has 0 saturated heterocycles. The number of halogens is 1. The monoisotopic (exact) mass is 432 g/mol. The molecule has 0 atom stereocenters. The summed E-state index contributed by atoms with van der Waals surface area (Å²) in [6, 6.07) is 15.8. The standard InChI is InChI=1S/C21H21ClN2O4S/c1-24-14-18(21(26)16-5-3-2-4-6-16)20(22)19(24)13-15-7-9-17(10-8-15)23-29(27,28)12-11-25/h2-10,14,23,25H,11-13H2,1H3. The van der Waals surface area contributed by atoms with Crippen LogP contribution in [0.1, 0.15) is 27.2 Å². The first-order valence-electron chi connectivity index (χ1n) is 8.94. The number of rotatable bonds is 8. The first kappa shape index (κ1) is 21.1. The van der Waals surface area contributed by atoms with E-state index < -0.39 is 16.6 Å². The maximum atomic E-state index is 12.7. The van der Waals surface area contributed by atoms with Crippen LogP contribution in [-0.4, -0.2) is 36.2 Å². The normalized spacial score (nSPS) is 11.4. The first-order chi connectivity index (χ1) is 13.8. The summed E-state index contributed by atoms with van der Waals surface area (Å²) < 4.78 is 27.7. The van der Waals surface area contributed by atoms with E-state index >= 15 is 0 Å². The summed E-state index contributed by atoms with van der Waals surface area (Å²) in [6.45, 7) is -0.441. The highest BCUT2D eigenvalue weighted by atomic mass is 35.5. The van der Waals surface area contributed by atoms with Gasteiger partial charge in [0.25, 0.3) is 0 Å². The van der Waals surface area contributed by atoms with Gasteiger partial charge in [-0.05, 0) is 17.7 Å². The molecule has 0 fully saturated rings. The van der Waals surface area contributed by atoms with Crippen molar-refractivity contribution in [3.63, 3.8) is 0 Å². The minimum absolute atomic E-state index is 0.133. The van der Waals surface area contributed by atoms with Gasteiger partial charge in [-0.3, -0.25) is 9.52 Å². The predicted octanol–water partition coefficient (Wildman–Crippen LogP) is 3.23. The summed E-state index contributed by atoms with van der Waals surface area (Å²) >= 11 is 6.52. The van der Waals surface area contributed by atoms with Crippen LogP contribution in [0.5, 0.6) is 0 Å². The number of nitrogens with zero attached hydrogens (tertiary/aromatic N) is 1. The van der Waals surface area contributed by atoms with Gasteiger partial charge in [-0.1, -0.05) is 54.1 Å². The number of aryl methyl sites for hydroxylation is 1. The minimum Gasteiger partial charge on any atom is -0.395 e. The molecular formula is C21H21ClN2O4S.